The van der Waals surface area contributed by atoms with Crippen LogP contribution >= 0.6 is 0 Å². The maximum atomic E-state index is 12.5. The Morgan fingerprint density at radius 2 is 1.70 bits per heavy atom. The van der Waals surface area contributed by atoms with E-state index in [-0.39, 0.29) is 4.90 Å². The lowest BCUT2D eigenvalue weighted by Crippen LogP contribution is -2.33. The summed E-state index contributed by atoms with van der Waals surface area (Å²) in [5, 5.41) is 2.56. The van der Waals surface area contributed by atoms with Gasteiger partial charge in [0.05, 0.1) is 36.0 Å². The second kappa shape index (κ2) is 9.24. The van der Waals surface area contributed by atoms with Crippen LogP contribution in [-0.4, -0.2) is 34.1 Å². The number of nitrogen functional groups attached to an aromatic ring is 1. The highest BCUT2D eigenvalue weighted by molar-refractivity contribution is 7.89. The van der Waals surface area contributed by atoms with Crippen molar-refractivity contribution in [1.29, 1.82) is 0 Å². The van der Waals surface area contributed by atoms with Gasteiger partial charge in [-0.2, -0.15) is 0 Å². The van der Waals surface area contributed by atoms with E-state index >= 15 is 0 Å². The summed E-state index contributed by atoms with van der Waals surface area (Å²) in [6.07, 6.45) is 0. The van der Waals surface area contributed by atoms with Gasteiger partial charge in [0, 0.05) is 6.07 Å². The molecule has 0 saturated carbocycles. The summed E-state index contributed by atoms with van der Waals surface area (Å²) in [7, 11) is -3.91. The molecule has 2 aromatic rings. The summed E-state index contributed by atoms with van der Waals surface area (Å²) < 4.78 is 38.0. The van der Waals surface area contributed by atoms with Gasteiger partial charge in [-0.05, 0) is 38.1 Å². The molecule has 27 heavy (non-hydrogen) atoms. The molecule has 9 heteroatoms. The minimum atomic E-state index is -3.91. The van der Waals surface area contributed by atoms with Gasteiger partial charge in [-0.15, -0.1) is 0 Å². The number of hydrogen-bond acceptors (Lipinski definition) is 6. The fourth-order valence-corrected chi connectivity index (χ4v) is 3.24. The summed E-state index contributed by atoms with van der Waals surface area (Å²) in [4.78, 5) is 12.0. The van der Waals surface area contributed by atoms with Crippen molar-refractivity contribution in [3.05, 3.63) is 42.5 Å². The van der Waals surface area contributed by atoms with Crippen molar-refractivity contribution in [3.63, 3.8) is 0 Å². The van der Waals surface area contributed by atoms with Crippen LogP contribution in [-0.2, 0) is 14.8 Å². The molecule has 0 aliphatic carbocycles. The van der Waals surface area contributed by atoms with Crippen LogP contribution in [0.4, 0.5) is 11.4 Å². The van der Waals surface area contributed by atoms with Crippen LogP contribution in [0.2, 0.25) is 0 Å². The van der Waals surface area contributed by atoms with Gasteiger partial charge in [0.25, 0.3) is 0 Å². The number of amides is 1. The van der Waals surface area contributed by atoms with Crippen molar-refractivity contribution in [2.75, 3.05) is 30.8 Å². The molecule has 0 atom stereocenters. The quantitative estimate of drug-likeness (QED) is 0.561. The van der Waals surface area contributed by atoms with Gasteiger partial charge in [-0.25, -0.2) is 13.1 Å². The highest BCUT2D eigenvalue weighted by Crippen LogP contribution is 2.30. The number of carbonyl (C=O) groups is 1. The van der Waals surface area contributed by atoms with E-state index in [1.54, 1.807) is 31.2 Å². The van der Waals surface area contributed by atoms with Crippen molar-refractivity contribution in [3.8, 4) is 11.5 Å². The fraction of sp³-hybridized carbons (Fsp3) is 0.278. The van der Waals surface area contributed by atoms with E-state index in [4.69, 9.17) is 15.2 Å². The Morgan fingerprint density at radius 1 is 1.04 bits per heavy atom. The van der Waals surface area contributed by atoms with Crippen LogP contribution < -0.4 is 25.2 Å². The Hall–Kier alpha value is -2.78. The minimum absolute atomic E-state index is 0.0265. The first-order valence-corrected chi connectivity index (χ1v) is 9.89. The average molecular weight is 393 g/mol. The van der Waals surface area contributed by atoms with E-state index in [0.29, 0.717) is 36.1 Å². The van der Waals surface area contributed by atoms with E-state index in [9.17, 15) is 13.2 Å². The zero-order chi connectivity index (χ0) is 19.9. The third-order valence-electron chi connectivity index (χ3n) is 3.48. The molecular formula is C18H23N3O5S. The van der Waals surface area contributed by atoms with Crippen molar-refractivity contribution in [2.45, 2.75) is 18.7 Å². The van der Waals surface area contributed by atoms with Crippen molar-refractivity contribution in [1.82, 2.24) is 4.72 Å². The van der Waals surface area contributed by atoms with Crippen LogP contribution in [0, 0.1) is 0 Å². The lowest BCUT2D eigenvalue weighted by atomic mass is 10.2. The number of rotatable bonds is 9. The molecule has 1 amide bonds. The number of ether oxygens (including phenoxy) is 2. The molecule has 2 aromatic carbocycles. The third-order valence-corrected chi connectivity index (χ3v) is 4.88. The highest BCUT2D eigenvalue weighted by Gasteiger charge is 2.18. The molecular weight excluding hydrogens is 370 g/mol. The number of sulfonamides is 1. The second-order valence-corrected chi connectivity index (χ2v) is 7.20. The topological polar surface area (TPSA) is 120 Å². The monoisotopic (exact) mass is 393 g/mol. The molecule has 0 aromatic heterocycles. The van der Waals surface area contributed by atoms with Crippen molar-refractivity contribution < 1.29 is 22.7 Å². The predicted molar refractivity (Wildman–Crippen MR) is 103 cm³/mol. The molecule has 0 radical (unpaired) electrons. The SMILES string of the molecule is CCOc1ccc(S(=O)(=O)NCC(=O)Nc2ccccc2N)cc1OCC. The number of nitrogens with one attached hydrogen (secondary N) is 2. The van der Waals surface area contributed by atoms with E-state index in [0.717, 1.165) is 0 Å². The van der Waals surface area contributed by atoms with E-state index < -0.39 is 22.5 Å². The van der Waals surface area contributed by atoms with Gasteiger partial charge in [0.15, 0.2) is 11.5 Å². The molecule has 0 aliphatic rings. The molecule has 0 fully saturated rings. The first-order valence-electron chi connectivity index (χ1n) is 8.41. The van der Waals surface area contributed by atoms with E-state index in [2.05, 4.69) is 10.0 Å². The molecule has 0 aliphatic heterocycles. The maximum absolute atomic E-state index is 12.5. The maximum Gasteiger partial charge on any atom is 0.241 e. The van der Waals surface area contributed by atoms with Crippen LogP contribution in [0.15, 0.2) is 47.4 Å². The molecule has 0 bridgehead atoms. The first kappa shape index (κ1) is 20.5. The number of anilines is 2. The van der Waals surface area contributed by atoms with Gasteiger partial charge >= 0.3 is 0 Å². The van der Waals surface area contributed by atoms with Crippen LogP contribution in [0.3, 0.4) is 0 Å². The Kier molecular flexibility index (Phi) is 7.03. The summed E-state index contributed by atoms with van der Waals surface area (Å²) >= 11 is 0. The first-order chi connectivity index (χ1) is 12.9. The molecule has 8 nitrogen and oxygen atoms in total. The Morgan fingerprint density at radius 3 is 2.37 bits per heavy atom. The summed E-state index contributed by atoms with van der Waals surface area (Å²) in [5.74, 6) is 0.242. The van der Waals surface area contributed by atoms with Gasteiger partial charge < -0.3 is 20.5 Å². The molecule has 4 N–H and O–H groups in total. The summed E-state index contributed by atoms with van der Waals surface area (Å²) in [6, 6.07) is 11.0. The molecule has 2 rings (SSSR count). The zero-order valence-electron chi connectivity index (χ0n) is 15.2. The number of carbonyl (C=O) groups excluding carboxylic acids is 1. The number of nitrogens with two attached hydrogens (primary N) is 1. The van der Waals surface area contributed by atoms with Crippen molar-refractivity contribution >= 4 is 27.3 Å². The standard InChI is InChI=1S/C18H23N3O5S/c1-3-25-16-10-9-13(11-17(16)26-4-2)27(23,24)20-12-18(22)21-15-8-6-5-7-14(15)19/h5-11,20H,3-4,12,19H2,1-2H3,(H,21,22). The Balaban J connectivity index is 2.08. The normalized spacial score (nSPS) is 11.0. The van der Waals surface area contributed by atoms with E-state index in [1.807, 2.05) is 6.92 Å². The predicted octanol–water partition coefficient (Wildman–Crippen LogP) is 1.98. The number of para-hydroxylation sites is 2. The van der Waals surface area contributed by atoms with Crippen LogP contribution in [0.1, 0.15) is 13.8 Å². The largest absolute Gasteiger partial charge is 0.490 e. The number of benzene rings is 2. The molecule has 0 heterocycles. The molecule has 146 valence electrons. The van der Waals surface area contributed by atoms with Crippen molar-refractivity contribution in [2.24, 2.45) is 0 Å². The van der Waals surface area contributed by atoms with Gasteiger partial charge in [-0.3, -0.25) is 4.79 Å². The smallest absolute Gasteiger partial charge is 0.241 e. The molecule has 0 spiro atoms. The zero-order valence-corrected chi connectivity index (χ0v) is 16.0. The minimum Gasteiger partial charge on any atom is -0.490 e. The Labute approximate surface area is 158 Å². The second-order valence-electron chi connectivity index (χ2n) is 5.43. The molecule has 0 saturated heterocycles. The lowest BCUT2D eigenvalue weighted by molar-refractivity contribution is -0.115. The summed E-state index contributed by atoms with van der Waals surface area (Å²) in [5.41, 5.74) is 6.55. The van der Waals surface area contributed by atoms with Gasteiger partial charge in [0.2, 0.25) is 15.9 Å². The fourth-order valence-electron chi connectivity index (χ4n) is 2.25. The molecule has 0 unspecified atom stereocenters. The third kappa shape index (κ3) is 5.60. The van der Waals surface area contributed by atoms with Crippen LogP contribution in [0.5, 0.6) is 11.5 Å². The average Bonchev–Trinajstić information content (AvgIpc) is 2.64. The van der Waals surface area contributed by atoms with Crippen LogP contribution in [0.25, 0.3) is 0 Å². The number of hydrogen-bond donors (Lipinski definition) is 3. The van der Waals surface area contributed by atoms with Gasteiger partial charge in [-0.1, -0.05) is 12.1 Å². The summed E-state index contributed by atoms with van der Waals surface area (Å²) in [6.45, 7) is 3.95. The van der Waals surface area contributed by atoms with E-state index in [1.165, 1.54) is 18.2 Å². The lowest BCUT2D eigenvalue weighted by Gasteiger charge is -2.13. The highest BCUT2D eigenvalue weighted by atomic mass is 32.2. The Bertz CT molecular complexity index is 900. The van der Waals surface area contributed by atoms with Gasteiger partial charge in [0.1, 0.15) is 0 Å².